The van der Waals surface area contributed by atoms with E-state index < -0.39 is 0 Å². The zero-order valence-corrected chi connectivity index (χ0v) is 11.6. The lowest BCUT2D eigenvalue weighted by molar-refractivity contribution is 0.142. The molecular weight excluding hydrogens is 242 g/mol. The van der Waals surface area contributed by atoms with Crippen molar-refractivity contribution < 1.29 is 14.3 Å². The molecule has 0 aromatic heterocycles. The molecule has 19 heavy (non-hydrogen) atoms. The van der Waals surface area contributed by atoms with Gasteiger partial charge in [-0.15, -0.1) is 0 Å². The minimum absolute atomic E-state index is 0.000630. The number of para-hydroxylation sites is 1. The molecule has 1 amide bonds. The maximum absolute atomic E-state index is 11.5. The van der Waals surface area contributed by atoms with Crippen LogP contribution >= 0.6 is 0 Å². The van der Waals surface area contributed by atoms with Gasteiger partial charge in [0.05, 0.1) is 13.7 Å². The van der Waals surface area contributed by atoms with Crippen LogP contribution in [0.4, 0.5) is 4.79 Å². The van der Waals surface area contributed by atoms with Crippen LogP contribution in [0.25, 0.3) is 0 Å². The van der Waals surface area contributed by atoms with Gasteiger partial charge in [0.15, 0.2) is 0 Å². The van der Waals surface area contributed by atoms with Crippen molar-refractivity contribution in [1.82, 2.24) is 5.32 Å². The summed E-state index contributed by atoms with van der Waals surface area (Å²) >= 11 is 0. The molecule has 0 atom stereocenters. The molecule has 2 rings (SSSR count). The number of carbonyl (C=O) groups is 1. The summed E-state index contributed by atoms with van der Waals surface area (Å²) in [6.07, 6.45) is 2.98. The van der Waals surface area contributed by atoms with Crippen molar-refractivity contribution in [2.45, 2.75) is 31.6 Å². The van der Waals surface area contributed by atoms with Gasteiger partial charge in [-0.05, 0) is 25.8 Å². The fourth-order valence-electron chi connectivity index (χ4n) is 2.65. The third kappa shape index (κ3) is 2.83. The number of benzene rings is 1. The van der Waals surface area contributed by atoms with Crippen molar-refractivity contribution in [3.63, 3.8) is 0 Å². The average molecular weight is 263 g/mol. The molecule has 4 heteroatoms. The van der Waals surface area contributed by atoms with E-state index in [-0.39, 0.29) is 11.5 Å². The first kappa shape index (κ1) is 13.7. The third-order valence-corrected chi connectivity index (χ3v) is 3.84. The molecule has 4 nitrogen and oxygen atoms in total. The van der Waals surface area contributed by atoms with Crippen molar-refractivity contribution in [2.24, 2.45) is 0 Å². The van der Waals surface area contributed by atoms with Crippen LogP contribution in [0.1, 0.15) is 31.7 Å². The number of carbonyl (C=O) groups excluding carboxylic acids is 1. The Kier molecular flexibility index (Phi) is 4.30. The number of hydrogen-bond donors (Lipinski definition) is 1. The number of rotatable bonds is 5. The quantitative estimate of drug-likeness (QED) is 0.888. The Morgan fingerprint density at radius 1 is 1.37 bits per heavy atom. The molecule has 1 aliphatic rings. The zero-order valence-electron chi connectivity index (χ0n) is 11.6. The van der Waals surface area contributed by atoms with Gasteiger partial charge in [0.1, 0.15) is 5.75 Å². The van der Waals surface area contributed by atoms with Crippen molar-refractivity contribution in [1.29, 1.82) is 0 Å². The molecule has 0 heterocycles. The summed E-state index contributed by atoms with van der Waals surface area (Å²) in [6.45, 7) is 2.80. The van der Waals surface area contributed by atoms with Gasteiger partial charge in [-0.3, -0.25) is 0 Å². The molecule has 1 fully saturated rings. The first-order valence-electron chi connectivity index (χ1n) is 6.76. The summed E-state index contributed by atoms with van der Waals surface area (Å²) in [5, 5.41) is 2.86. The van der Waals surface area contributed by atoms with E-state index in [1.807, 2.05) is 18.2 Å². The summed E-state index contributed by atoms with van der Waals surface area (Å²) in [5.74, 6) is 0.896. The number of alkyl carbamates (subject to hydrolysis) is 1. The highest BCUT2D eigenvalue weighted by molar-refractivity contribution is 5.67. The normalized spacial score (nSPS) is 16.3. The average Bonchev–Trinajstić information content (AvgIpc) is 2.38. The summed E-state index contributed by atoms with van der Waals surface area (Å²) in [4.78, 5) is 11.5. The lowest BCUT2D eigenvalue weighted by Gasteiger charge is -2.43. The zero-order chi connectivity index (χ0) is 13.7. The van der Waals surface area contributed by atoms with Crippen LogP contribution < -0.4 is 10.1 Å². The van der Waals surface area contributed by atoms with Crippen LogP contribution in [0, 0.1) is 0 Å². The molecule has 0 saturated heterocycles. The molecule has 1 aromatic rings. The molecule has 0 radical (unpaired) electrons. The van der Waals surface area contributed by atoms with Gasteiger partial charge in [0, 0.05) is 17.5 Å². The van der Waals surface area contributed by atoms with Gasteiger partial charge in [0.2, 0.25) is 0 Å². The summed E-state index contributed by atoms with van der Waals surface area (Å²) in [5.41, 5.74) is 1.18. The van der Waals surface area contributed by atoms with Crippen molar-refractivity contribution in [2.75, 3.05) is 20.3 Å². The van der Waals surface area contributed by atoms with Gasteiger partial charge in [0.25, 0.3) is 0 Å². The number of methoxy groups -OCH3 is 1. The van der Waals surface area contributed by atoms with Gasteiger partial charge < -0.3 is 14.8 Å². The molecule has 1 aromatic carbocycles. The Labute approximate surface area is 114 Å². The Hall–Kier alpha value is -1.71. The van der Waals surface area contributed by atoms with E-state index in [2.05, 4.69) is 11.4 Å². The number of hydrogen-bond acceptors (Lipinski definition) is 3. The molecule has 0 spiro atoms. The Morgan fingerprint density at radius 3 is 2.68 bits per heavy atom. The molecule has 0 bridgehead atoms. The van der Waals surface area contributed by atoms with Crippen LogP contribution in [-0.4, -0.2) is 26.4 Å². The second-order valence-electron chi connectivity index (χ2n) is 4.91. The highest BCUT2D eigenvalue weighted by Crippen LogP contribution is 2.46. The second kappa shape index (κ2) is 5.95. The van der Waals surface area contributed by atoms with Crippen molar-refractivity contribution in [3.05, 3.63) is 29.8 Å². The maximum atomic E-state index is 11.5. The van der Waals surface area contributed by atoms with Gasteiger partial charge in [-0.25, -0.2) is 4.79 Å². The molecular formula is C15H21NO3. The largest absolute Gasteiger partial charge is 0.496 e. The van der Waals surface area contributed by atoms with Crippen molar-refractivity contribution in [3.8, 4) is 5.75 Å². The molecule has 1 saturated carbocycles. The summed E-state index contributed by atoms with van der Waals surface area (Å²) in [7, 11) is 1.68. The Bertz CT molecular complexity index is 441. The highest BCUT2D eigenvalue weighted by atomic mass is 16.5. The minimum atomic E-state index is -0.344. The fourth-order valence-corrected chi connectivity index (χ4v) is 2.65. The van der Waals surface area contributed by atoms with Crippen molar-refractivity contribution >= 4 is 6.09 Å². The van der Waals surface area contributed by atoms with Crippen LogP contribution in [0.2, 0.25) is 0 Å². The molecule has 0 unspecified atom stereocenters. The van der Waals surface area contributed by atoms with Crippen LogP contribution in [-0.2, 0) is 10.2 Å². The molecule has 104 valence electrons. The molecule has 1 N–H and O–H groups in total. The summed E-state index contributed by atoms with van der Waals surface area (Å²) in [6, 6.07) is 8.04. The molecule has 0 aliphatic heterocycles. The van der Waals surface area contributed by atoms with E-state index in [1.54, 1.807) is 14.0 Å². The van der Waals surface area contributed by atoms with Gasteiger partial charge in [-0.1, -0.05) is 24.6 Å². The standard InChI is InChI=1S/C15H21NO3/c1-3-19-14(17)16-11-15(9-6-10-15)12-7-4-5-8-13(12)18-2/h4-5,7-8H,3,6,9-11H2,1-2H3,(H,16,17). The first-order chi connectivity index (χ1) is 9.22. The van der Waals surface area contributed by atoms with Crippen LogP contribution in [0.5, 0.6) is 5.75 Å². The first-order valence-corrected chi connectivity index (χ1v) is 6.76. The fraction of sp³-hybridized carbons (Fsp3) is 0.533. The van der Waals surface area contributed by atoms with E-state index in [0.29, 0.717) is 13.2 Å². The maximum Gasteiger partial charge on any atom is 0.407 e. The monoisotopic (exact) mass is 263 g/mol. The minimum Gasteiger partial charge on any atom is -0.496 e. The molecule has 1 aliphatic carbocycles. The second-order valence-corrected chi connectivity index (χ2v) is 4.91. The smallest absolute Gasteiger partial charge is 0.407 e. The number of amides is 1. The lowest BCUT2D eigenvalue weighted by Crippen LogP contribution is -2.45. The SMILES string of the molecule is CCOC(=O)NCC1(c2ccccc2OC)CCC1. The lowest BCUT2D eigenvalue weighted by atomic mass is 9.64. The van der Waals surface area contributed by atoms with Gasteiger partial charge >= 0.3 is 6.09 Å². The van der Waals surface area contributed by atoms with E-state index >= 15 is 0 Å². The number of nitrogens with one attached hydrogen (secondary N) is 1. The van der Waals surface area contributed by atoms with Crippen LogP contribution in [0.3, 0.4) is 0 Å². The van der Waals surface area contributed by atoms with Gasteiger partial charge in [-0.2, -0.15) is 0 Å². The van der Waals surface area contributed by atoms with E-state index in [9.17, 15) is 4.79 Å². The Morgan fingerprint density at radius 2 is 2.11 bits per heavy atom. The van der Waals surface area contributed by atoms with Crippen LogP contribution in [0.15, 0.2) is 24.3 Å². The topological polar surface area (TPSA) is 47.6 Å². The van der Waals surface area contributed by atoms with E-state index in [4.69, 9.17) is 9.47 Å². The number of ether oxygens (including phenoxy) is 2. The highest BCUT2D eigenvalue weighted by Gasteiger charge is 2.40. The summed E-state index contributed by atoms with van der Waals surface area (Å²) < 4.78 is 10.4. The Balaban J connectivity index is 2.11. The predicted octanol–water partition coefficient (Wildman–Crippen LogP) is 2.86. The van der Waals surface area contributed by atoms with E-state index in [0.717, 1.165) is 18.6 Å². The third-order valence-electron chi connectivity index (χ3n) is 3.84. The predicted molar refractivity (Wildman–Crippen MR) is 73.5 cm³/mol. The van der Waals surface area contributed by atoms with E-state index in [1.165, 1.54) is 12.0 Å².